The third kappa shape index (κ3) is 33.7. The molecule has 0 radical (unpaired) electrons. The van der Waals surface area contributed by atoms with Crippen LogP contribution in [0.3, 0.4) is 0 Å². The first-order valence-electron chi connectivity index (χ1n) is 17.6. The Balaban J connectivity index is 3.07. The van der Waals surface area contributed by atoms with Gasteiger partial charge in [-0.15, -0.1) is 0 Å². The van der Waals surface area contributed by atoms with E-state index in [1.54, 1.807) is 0 Å². The molecule has 0 nitrogen and oxygen atoms in total. The highest BCUT2D eigenvalue weighted by Crippen LogP contribution is 2.15. The summed E-state index contributed by atoms with van der Waals surface area (Å²) in [5.74, 6) is 0. The number of unbranched alkanes of at least 4 members (excludes halogenated alkanes) is 30. The van der Waals surface area contributed by atoms with E-state index >= 15 is 0 Å². The highest BCUT2D eigenvalue weighted by molar-refractivity contribution is 4.81. The molecule has 0 N–H and O–H groups in total. The summed E-state index contributed by atoms with van der Waals surface area (Å²) in [6, 6.07) is 0. The monoisotopic (exact) mass is 505 g/mol. The Labute approximate surface area is 231 Å². The average molecular weight is 505 g/mol. The lowest BCUT2D eigenvalue weighted by molar-refractivity contribution is 0.523. The molecular weight excluding hydrogens is 432 g/mol. The van der Waals surface area contributed by atoms with Crippen LogP contribution in [0.1, 0.15) is 219 Å². The van der Waals surface area contributed by atoms with Gasteiger partial charge in [-0.25, -0.2) is 0 Å². The van der Waals surface area contributed by atoms with Crippen molar-refractivity contribution < 1.29 is 0 Å². The van der Waals surface area contributed by atoms with E-state index in [1.807, 2.05) is 0 Å². The fraction of sp³-hybridized carbons (Fsp3) is 0.944. The number of allylic oxidation sites excluding steroid dienone is 2. The lowest BCUT2D eigenvalue weighted by atomic mass is 10.0. The Morgan fingerprint density at radius 1 is 0.222 bits per heavy atom. The van der Waals surface area contributed by atoms with E-state index in [4.69, 9.17) is 0 Å². The molecule has 0 rings (SSSR count). The topological polar surface area (TPSA) is 0 Å². The van der Waals surface area contributed by atoms with Gasteiger partial charge in [-0.05, 0) is 25.7 Å². The van der Waals surface area contributed by atoms with Crippen molar-refractivity contribution in [1.29, 1.82) is 0 Å². The summed E-state index contributed by atoms with van der Waals surface area (Å²) in [6.07, 6.45) is 51.4. The normalized spacial score (nSPS) is 11.7. The van der Waals surface area contributed by atoms with Gasteiger partial charge in [0.25, 0.3) is 0 Å². The maximum atomic E-state index is 2.46. The second-order valence-corrected chi connectivity index (χ2v) is 11.9. The Hall–Kier alpha value is -0.260. The van der Waals surface area contributed by atoms with Crippen LogP contribution in [0.2, 0.25) is 0 Å². The van der Waals surface area contributed by atoms with Gasteiger partial charge in [0.05, 0.1) is 0 Å². The molecule has 0 heterocycles. The molecule has 0 heteroatoms. The van der Waals surface area contributed by atoms with E-state index in [2.05, 4.69) is 26.0 Å². The van der Waals surface area contributed by atoms with Gasteiger partial charge in [-0.2, -0.15) is 0 Å². The summed E-state index contributed by atoms with van der Waals surface area (Å²) in [5.41, 5.74) is 0. The van der Waals surface area contributed by atoms with Crippen molar-refractivity contribution in [2.75, 3.05) is 0 Å². The summed E-state index contributed by atoms with van der Waals surface area (Å²) in [4.78, 5) is 0. The van der Waals surface area contributed by atoms with Gasteiger partial charge < -0.3 is 0 Å². The zero-order valence-electron chi connectivity index (χ0n) is 25.8. The van der Waals surface area contributed by atoms with Crippen LogP contribution in [-0.2, 0) is 0 Å². The molecule has 36 heavy (non-hydrogen) atoms. The summed E-state index contributed by atoms with van der Waals surface area (Å²) in [7, 11) is 0. The van der Waals surface area contributed by atoms with Crippen molar-refractivity contribution in [3.05, 3.63) is 12.2 Å². The molecule has 0 spiro atoms. The zero-order valence-corrected chi connectivity index (χ0v) is 25.8. The summed E-state index contributed by atoms with van der Waals surface area (Å²) >= 11 is 0. The predicted octanol–water partition coefficient (Wildman–Crippen LogP) is 14.1. The third-order valence-electron chi connectivity index (χ3n) is 8.12. The van der Waals surface area contributed by atoms with Gasteiger partial charge in [0, 0.05) is 0 Å². The van der Waals surface area contributed by atoms with Crippen LogP contribution in [0.25, 0.3) is 0 Å². The minimum atomic E-state index is 1.32. The van der Waals surface area contributed by atoms with Gasteiger partial charge in [-0.1, -0.05) is 206 Å². The molecule has 0 aromatic heterocycles. The standard InChI is InChI=1S/C36H72/c1-3-5-7-9-11-13-15-17-19-21-23-25-27-29-31-33-35-36-34-32-30-28-26-24-22-20-18-16-14-12-10-8-6-4-2/h27,29H,3-26,28,30-36H2,1-2H3. The Morgan fingerprint density at radius 3 is 0.583 bits per heavy atom. The van der Waals surface area contributed by atoms with E-state index < -0.39 is 0 Å². The molecule has 0 saturated carbocycles. The molecule has 0 aromatic carbocycles. The van der Waals surface area contributed by atoms with Crippen molar-refractivity contribution in [2.45, 2.75) is 219 Å². The van der Waals surface area contributed by atoms with Crippen LogP contribution in [0.4, 0.5) is 0 Å². The molecule has 0 amide bonds. The van der Waals surface area contributed by atoms with Gasteiger partial charge in [0.2, 0.25) is 0 Å². The Kier molecular flexibility index (Phi) is 34.5. The van der Waals surface area contributed by atoms with Gasteiger partial charge in [0.15, 0.2) is 0 Å². The van der Waals surface area contributed by atoms with E-state index in [0.29, 0.717) is 0 Å². The van der Waals surface area contributed by atoms with Crippen molar-refractivity contribution in [2.24, 2.45) is 0 Å². The molecular formula is C36H72. The predicted molar refractivity (Wildman–Crippen MR) is 168 cm³/mol. The van der Waals surface area contributed by atoms with Crippen molar-refractivity contribution in [3.63, 3.8) is 0 Å². The first kappa shape index (κ1) is 35.7. The second kappa shape index (κ2) is 34.7. The molecule has 0 aliphatic rings. The van der Waals surface area contributed by atoms with Crippen LogP contribution in [0.5, 0.6) is 0 Å². The zero-order chi connectivity index (χ0) is 26.0. The van der Waals surface area contributed by atoms with Gasteiger partial charge in [-0.3, -0.25) is 0 Å². The Morgan fingerprint density at radius 2 is 0.389 bits per heavy atom. The highest BCUT2D eigenvalue weighted by atomic mass is 14.0. The van der Waals surface area contributed by atoms with Gasteiger partial charge in [0.1, 0.15) is 0 Å². The molecule has 0 aromatic rings. The highest BCUT2D eigenvalue weighted by Gasteiger charge is 1.96. The molecule has 0 fully saturated rings. The molecule has 0 aliphatic carbocycles. The summed E-state index contributed by atoms with van der Waals surface area (Å²) < 4.78 is 0. The lowest BCUT2D eigenvalue weighted by Crippen LogP contribution is -1.84. The maximum absolute atomic E-state index is 2.46. The smallest absolute Gasteiger partial charge is 0.0351 e. The van der Waals surface area contributed by atoms with Crippen LogP contribution in [0.15, 0.2) is 12.2 Å². The number of hydrogen-bond acceptors (Lipinski definition) is 0. The largest absolute Gasteiger partial charge is 0.0885 e. The van der Waals surface area contributed by atoms with Crippen molar-refractivity contribution in [3.8, 4) is 0 Å². The molecule has 0 saturated heterocycles. The van der Waals surface area contributed by atoms with Gasteiger partial charge >= 0.3 is 0 Å². The van der Waals surface area contributed by atoms with Crippen molar-refractivity contribution >= 4 is 0 Å². The molecule has 0 aliphatic heterocycles. The molecule has 216 valence electrons. The maximum Gasteiger partial charge on any atom is -0.0351 e. The first-order valence-corrected chi connectivity index (χ1v) is 17.6. The van der Waals surface area contributed by atoms with E-state index in [-0.39, 0.29) is 0 Å². The van der Waals surface area contributed by atoms with E-state index in [1.165, 1.54) is 205 Å². The fourth-order valence-electron chi connectivity index (χ4n) is 5.50. The van der Waals surface area contributed by atoms with Crippen LogP contribution in [0, 0.1) is 0 Å². The quantitative estimate of drug-likeness (QED) is 0.0631. The summed E-state index contributed by atoms with van der Waals surface area (Å²) in [6.45, 7) is 4.61. The minimum absolute atomic E-state index is 1.32. The average Bonchev–Trinajstić information content (AvgIpc) is 2.89. The SMILES string of the molecule is CCCCCCCCCCCCCC=CCCCCCCCCCCCCCCCCCCCCC. The Bertz CT molecular complexity index is 381. The second-order valence-electron chi connectivity index (χ2n) is 11.9. The first-order chi connectivity index (χ1) is 17.9. The van der Waals surface area contributed by atoms with Crippen LogP contribution >= 0.6 is 0 Å². The number of rotatable bonds is 32. The number of hydrogen-bond donors (Lipinski definition) is 0. The molecule has 0 bridgehead atoms. The van der Waals surface area contributed by atoms with Crippen molar-refractivity contribution in [1.82, 2.24) is 0 Å². The van der Waals surface area contributed by atoms with Crippen LogP contribution < -0.4 is 0 Å². The molecule has 0 atom stereocenters. The minimum Gasteiger partial charge on any atom is -0.0885 e. The van der Waals surface area contributed by atoms with E-state index in [9.17, 15) is 0 Å². The van der Waals surface area contributed by atoms with E-state index in [0.717, 1.165) is 0 Å². The van der Waals surface area contributed by atoms with Crippen LogP contribution in [-0.4, -0.2) is 0 Å². The fourth-order valence-corrected chi connectivity index (χ4v) is 5.50. The lowest BCUT2D eigenvalue weighted by Gasteiger charge is -2.04. The molecule has 0 unspecified atom stereocenters. The third-order valence-corrected chi connectivity index (χ3v) is 8.12. The summed E-state index contributed by atoms with van der Waals surface area (Å²) in [5, 5.41) is 0.